The van der Waals surface area contributed by atoms with Gasteiger partial charge in [0, 0.05) is 18.2 Å². The number of carbonyl (C=O) groups excluding carboxylic acids is 1. The quantitative estimate of drug-likeness (QED) is 0.712. The van der Waals surface area contributed by atoms with Crippen LogP contribution in [0.3, 0.4) is 0 Å². The van der Waals surface area contributed by atoms with E-state index in [0.717, 1.165) is 31.2 Å². The van der Waals surface area contributed by atoms with Gasteiger partial charge in [-0.1, -0.05) is 18.9 Å². The highest BCUT2D eigenvalue weighted by atomic mass is 16.5. The topological polar surface area (TPSA) is 62.6 Å². The van der Waals surface area contributed by atoms with Gasteiger partial charge in [-0.25, -0.2) is 0 Å². The van der Waals surface area contributed by atoms with Gasteiger partial charge < -0.3 is 14.4 Å². The van der Waals surface area contributed by atoms with Crippen molar-refractivity contribution in [3.63, 3.8) is 0 Å². The highest BCUT2D eigenvalue weighted by molar-refractivity contribution is 5.92. The summed E-state index contributed by atoms with van der Waals surface area (Å²) in [6, 6.07) is 8.22. The van der Waals surface area contributed by atoms with Crippen molar-refractivity contribution in [3.8, 4) is 17.6 Å². The Kier molecular flexibility index (Phi) is 5.60. The predicted molar refractivity (Wildman–Crippen MR) is 95.3 cm³/mol. The number of carbonyl (C=O) groups is 1. The first-order chi connectivity index (χ1) is 12.2. The molecule has 2 aliphatic carbocycles. The highest BCUT2D eigenvalue weighted by Gasteiger charge is 2.37. The summed E-state index contributed by atoms with van der Waals surface area (Å²) in [6.07, 6.45) is 10.5. The SMILES string of the molecule is COc1cc(/C=C/C(=O)N(C2CCCC2)C2CC2)ccc1OCC#N. The maximum atomic E-state index is 12.7. The first kappa shape index (κ1) is 17.3. The first-order valence-corrected chi connectivity index (χ1v) is 8.91. The van der Waals surface area contributed by atoms with Gasteiger partial charge in [-0.2, -0.15) is 5.26 Å². The number of hydrogen-bond donors (Lipinski definition) is 0. The molecule has 2 fully saturated rings. The molecular weight excluding hydrogens is 316 g/mol. The van der Waals surface area contributed by atoms with Crippen LogP contribution in [-0.4, -0.2) is 36.6 Å². The van der Waals surface area contributed by atoms with Crippen LogP contribution in [0.5, 0.6) is 11.5 Å². The third-order valence-corrected chi connectivity index (χ3v) is 4.81. The molecule has 0 saturated heterocycles. The van der Waals surface area contributed by atoms with Crippen molar-refractivity contribution in [3.05, 3.63) is 29.8 Å². The number of amides is 1. The van der Waals surface area contributed by atoms with E-state index in [2.05, 4.69) is 4.90 Å². The minimum absolute atomic E-state index is 0.0260. The average molecular weight is 340 g/mol. The van der Waals surface area contributed by atoms with Gasteiger partial charge in [-0.3, -0.25) is 4.79 Å². The van der Waals surface area contributed by atoms with Crippen LogP contribution in [-0.2, 0) is 4.79 Å². The molecule has 3 rings (SSSR count). The van der Waals surface area contributed by atoms with E-state index in [4.69, 9.17) is 14.7 Å². The van der Waals surface area contributed by atoms with Crippen LogP contribution < -0.4 is 9.47 Å². The fourth-order valence-electron chi connectivity index (χ4n) is 3.46. The second-order valence-corrected chi connectivity index (χ2v) is 6.61. The van der Waals surface area contributed by atoms with Crippen LogP contribution in [0.15, 0.2) is 24.3 Å². The number of ether oxygens (including phenoxy) is 2. The van der Waals surface area contributed by atoms with Crippen molar-refractivity contribution in [1.29, 1.82) is 5.26 Å². The van der Waals surface area contributed by atoms with E-state index in [1.807, 2.05) is 24.3 Å². The van der Waals surface area contributed by atoms with Crippen LogP contribution in [0.2, 0.25) is 0 Å². The van der Waals surface area contributed by atoms with E-state index in [0.29, 0.717) is 23.6 Å². The van der Waals surface area contributed by atoms with E-state index in [1.54, 1.807) is 19.3 Å². The second-order valence-electron chi connectivity index (χ2n) is 6.61. The van der Waals surface area contributed by atoms with Gasteiger partial charge in [-0.15, -0.1) is 0 Å². The molecule has 2 saturated carbocycles. The monoisotopic (exact) mass is 340 g/mol. The zero-order valence-corrected chi connectivity index (χ0v) is 14.6. The predicted octanol–water partition coefficient (Wildman–Crippen LogP) is 3.54. The Balaban J connectivity index is 1.69. The number of nitrogens with zero attached hydrogens (tertiary/aromatic N) is 2. The third kappa shape index (κ3) is 4.33. The molecule has 1 aromatic carbocycles. The summed E-state index contributed by atoms with van der Waals surface area (Å²) in [5.74, 6) is 1.19. The maximum Gasteiger partial charge on any atom is 0.247 e. The van der Waals surface area contributed by atoms with Crippen molar-refractivity contribution >= 4 is 12.0 Å². The minimum atomic E-state index is -0.0260. The molecule has 0 N–H and O–H groups in total. The van der Waals surface area contributed by atoms with Crippen LogP contribution in [0.25, 0.3) is 6.08 Å². The van der Waals surface area contributed by atoms with Gasteiger partial charge in [0.2, 0.25) is 5.91 Å². The number of benzene rings is 1. The highest BCUT2D eigenvalue weighted by Crippen LogP contribution is 2.35. The summed E-state index contributed by atoms with van der Waals surface area (Å²) < 4.78 is 10.6. The largest absolute Gasteiger partial charge is 0.493 e. The summed E-state index contributed by atoms with van der Waals surface area (Å²) in [7, 11) is 1.56. The molecule has 0 unspecified atom stereocenters. The lowest BCUT2D eigenvalue weighted by Crippen LogP contribution is -2.39. The molecule has 0 bridgehead atoms. The molecule has 0 heterocycles. The molecule has 25 heavy (non-hydrogen) atoms. The van der Waals surface area contributed by atoms with Gasteiger partial charge in [0.1, 0.15) is 6.07 Å². The average Bonchev–Trinajstić information content (AvgIpc) is 3.32. The Morgan fingerprint density at radius 1 is 1.24 bits per heavy atom. The van der Waals surface area contributed by atoms with Crippen LogP contribution in [0.1, 0.15) is 44.1 Å². The maximum absolute atomic E-state index is 12.7. The van der Waals surface area contributed by atoms with E-state index >= 15 is 0 Å². The lowest BCUT2D eigenvalue weighted by Gasteiger charge is -2.28. The third-order valence-electron chi connectivity index (χ3n) is 4.81. The van der Waals surface area contributed by atoms with Crippen molar-refractivity contribution in [1.82, 2.24) is 4.90 Å². The molecule has 0 atom stereocenters. The van der Waals surface area contributed by atoms with Gasteiger partial charge >= 0.3 is 0 Å². The first-order valence-electron chi connectivity index (χ1n) is 8.91. The van der Waals surface area contributed by atoms with Gasteiger partial charge in [0.15, 0.2) is 18.1 Å². The summed E-state index contributed by atoms with van der Waals surface area (Å²) >= 11 is 0. The zero-order chi connectivity index (χ0) is 17.6. The minimum Gasteiger partial charge on any atom is -0.493 e. The van der Waals surface area contributed by atoms with Crippen LogP contribution >= 0.6 is 0 Å². The summed E-state index contributed by atoms with van der Waals surface area (Å²) in [5, 5.41) is 8.61. The van der Waals surface area contributed by atoms with Crippen LogP contribution in [0, 0.1) is 11.3 Å². The zero-order valence-electron chi connectivity index (χ0n) is 14.6. The lowest BCUT2D eigenvalue weighted by atomic mass is 10.1. The summed E-state index contributed by atoms with van der Waals surface area (Å²) in [5.41, 5.74) is 0.872. The van der Waals surface area contributed by atoms with E-state index in [1.165, 1.54) is 12.8 Å². The molecular formula is C20H24N2O3. The van der Waals surface area contributed by atoms with Gasteiger partial charge in [-0.05, 0) is 49.5 Å². The molecule has 132 valence electrons. The standard InChI is InChI=1S/C20H24N2O3/c1-24-19-14-15(6-10-18(19)25-13-12-21)7-11-20(23)22(17-8-9-17)16-4-2-3-5-16/h6-7,10-11,14,16-17H,2-5,8-9,13H2,1H3/b11-7+. The molecule has 1 amide bonds. The van der Waals surface area contributed by atoms with Crippen molar-refractivity contribution < 1.29 is 14.3 Å². The van der Waals surface area contributed by atoms with Gasteiger partial charge in [0.25, 0.3) is 0 Å². The molecule has 0 aromatic heterocycles. The van der Waals surface area contributed by atoms with E-state index in [9.17, 15) is 4.79 Å². The van der Waals surface area contributed by atoms with Crippen LogP contribution in [0.4, 0.5) is 0 Å². The normalized spacial score (nSPS) is 17.4. The summed E-state index contributed by atoms with van der Waals surface area (Å²) in [6.45, 7) is -0.0260. The Morgan fingerprint density at radius 2 is 1.96 bits per heavy atom. The molecule has 0 radical (unpaired) electrons. The van der Waals surface area contributed by atoms with E-state index < -0.39 is 0 Å². The number of nitriles is 1. The molecule has 2 aliphatic rings. The fraction of sp³-hybridized carbons (Fsp3) is 0.500. The Hall–Kier alpha value is -2.48. The molecule has 5 heteroatoms. The fourth-order valence-corrected chi connectivity index (χ4v) is 3.46. The van der Waals surface area contributed by atoms with E-state index in [-0.39, 0.29) is 12.5 Å². The lowest BCUT2D eigenvalue weighted by molar-refractivity contribution is -0.128. The molecule has 1 aromatic rings. The second kappa shape index (κ2) is 8.06. The molecule has 0 aliphatic heterocycles. The van der Waals surface area contributed by atoms with Crippen molar-refractivity contribution in [2.45, 2.75) is 50.6 Å². The number of methoxy groups -OCH3 is 1. The Labute approximate surface area is 148 Å². The number of hydrogen-bond acceptors (Lipinski definition) is 4. The smallest absolute Gasteiger partial charge is 0.247 e. The Bertz CT molecular complexity index is 683. The number of rotatable bonds is 7. The molecule has 5 nitrogen and oxygen atoms in total. The Morgan fingerprint density at radius 3 is 2.60 bits per heavy atom. The molecule has 0 spiro atoms. The van der Waals surface area contributed by atoms with Gasteiger partial charge in [0.05, 0.1) is 7.11 Å². The van der Waals surface area contributed by atoms with Crippen molar-refractivity contribution in [2.24, 2.45) is 0 Å². The summed E-state index contributed by atoms with van der Waals surface area (Å²) in [4.78, 5) is 14.8. The van der Waals surface area contributed by atoms with Crippen molar-refractivity contribution in [2.75, 3.05) is 13.7 Å².